The second-order valence-electron chi connectivity index (χ2n) is 4.01. The molecule has 0 fully saturated rings. The van der Waals surface area contributed by atoms with Crippen molar-refractivity contribution >= 4 is 0 Å². The average Bonchev–Trinajstić information content (AvgIpc) is 2.29. The normalized spacial score (nSPS) is 12.8. The predicted octanol–water partition coefficient (Wildman–Crippen LogP) is 2.35. The van der Waals surface area contributed by atoms with Gasteiger partial charge in [-0.25, -0.2) is 13.2 Å². The van der Waals surface area contributed by atoms with Crippen molar-refractivity contribution in [1.29, 1.82) is 0 Å². The van der Waals surface area contributed by atoms with Crippen molar-refractivity contribution in [2.75, 3.05) is 6.61 Å². The Hall–Kier alpha value is -1.07. The highest BCUT2D eigenvalue weighted by Gasteiger charge is 2.10. The van der Waals surface area contributed by atoms with Crippen LogP contribution < -0.4 is 5.32 Å². The van der Waals surface area contributed by atoms with E-state index < -0.39 is 17.5 Å². The molecule has 2 nitrogen and oxygen atoms in total. The molecule has 0 aliphatic carbocycles. The van der Waals surface area contributed by atoms with Gasteiger partial charge in [-0.3, -0.25) is 0 Å². The van der Waals surface area contributed by atoms with E-state index in [2.05, 4.69) is 5.32 Å². The lowest BCUT2D eigenvalue weighted by Crippen LogP contribution is -2.26. The third kappa shape index (κ3) is 4.36. The molecule has 0 saturated heterocycles. The predicted molar refractivity (Wildman–Crippen MR) is 58.9 cm³/mol. The highest BCUT2D eigenvalue weighted by molar-refractivity contribution is 5.19. The molecule has 0 heterocycles. The van der Waals surface area contributed by atoms with Gasteiger partial charge in [0.1, 0.15) is 5.82 Å². The molecule has 17 heavy (non-hydrogen) atoms. The summed E-state index contributed by atoms with van der Waals surface area (Å²) < 4.78 is 38.8. The van der Waals surface area contributed by atoms with Crippen molar-refractivity contribution in [2.45, 2.75) is 32.4 Å². The fourth-order valence-corrected chi connectivity index (χ4v) is 1.48. The monoisotopic (exact) mass is 247 g/mol. The average molecular weight is 247 g/mol. The smallest absolute Gasteiger partial charge is 0.161 e. The molecule has 1 rings (SSSR count). The Morgan fingerprint density at radius 2 is 1.82 bits per heavy atom. The zero-order valence-corrected chi connectivity index (χ0v) is 9.64. The first-order valence-corrected chi connectivity index (χ1v) is 5.52. The first-order chi connectivity index (χ1) is 8.04. The standard InChI is InChI=1S/C12H16F3NO/c1-8(3-2-4-17)16-7-9-5-11(14)12(15)6-10(9)13/h5-6,8,16-17H,2-4,7H2,1H3. The van der Waals surface area contributed by atoms with Crippen LogP contribution in [0.15, 0.2) is 12.1 Å². The van der Waals surface area contributed by atoms with Crippen molar-refractivity contribution in [2.24, 2.45) is 0 Å². The van der Waals surface area contributed by atoms with E-state index in [0.29, 0.717) is 12.5 Å². The van der Waals surface area contributed by atoms with Crippen LogP contribution in [0.25, 0.3) is 0 Å². The molecular weight excluding hydrogens is 231 g/mol. The molecule has 0 radical (unpaired) electrons. The van der Waals surface area contributed by atoms with Gasteiger partial charge in [0, 0.05) is 30.8 Å². The second kappa shape index (κ2) is 6.61. The van der Waals surface area contributed by atoms with Gasteiger partial charge in [0.15, 0.2) is 11.6 Å². The Labute approximate surface area is 98.5 Å². The SMILES string of the molecule is CC(CCCO)NCc1cc(F)c(F)cc1F. The van der Waals surface area contributed by atoms with Crippen molar-refractivity contribution < 1.29 is 18.3 Å². The van der Waals surface area contributed by atoms with Gasteiger partial charge in [0.2, 0.25) is 0 Å². The van der Waals surface area contributed by atoms with E-state index in [1.807, 2.05) is 6.92 Å². The molecule has 0 aliphatic rings. The van der Waals surface area contributed by atoms with Gasteiger partial charge in [0.25, 0.3) is 0 Å². The van der Waals surface area contributed by atoms with Gasteiger partial charge in [-0.15, -0.1) is 0 Å². The van der Waals surface area contributed by atoms with Crippen LogP contribution in [0.2, 0.25) is 0 Å². The number of aliphatic hydroxyl groups excluding tert-OH is 1. The Morgan fingerprint density at radius 3 is 2.47 bits per heavy atom. The summed E-state index contributed by atoms with van der Waals surface area (Å²) in [7, 11) is 0. The second-order valence-corrected chi connectivity index (χ2v) is 4.01. The van der Waals surface area contributed by atoms with Crippen molar-refractivity contribution in [1.82, 2.24) is 5.32 Å². The number of aliphatic hydroxyl groups is 1. The molecule has 5 heteroatoms. The van der Waals surface area contributed by atoms with Gasteiger partial charge < -0.3 is 10.4 Å². The van der Waals surface area contributed by atoms with E-state index in [4.69, 9.17) is 5.11 Å². The minimum Gasteiger partial charge on any atom is -0.396 e. The van der Waals surface area contributed by atoms with Crippen LogP contribution in [0.1, 0.15) is 25.3 Å². The molecule has 0 aliphatic heterocycles. The molecule has 0 saturated carbocycles. The minimum absolute atomic E-state index is 0.0784. The van der Waals surface area contributed by atoms with Gasteiger partial charge >= 0.3 is 0 Å². The molecule has 0 amide bonds. The fourth-order valence-electron chi connectivity index (χ4n) is 1.48. The first kappa shape index (κ1) is 14.0. The summed E-state index contributed by atoms with van der Waals surface area (Å²) in [4.78, 5) is 0. The lowest BCUT2D eigenvalue weighted by Gasteiger charge is -2.13. The van der Waals surface area contributed by atoms with Gasteiger partial charge in [-0.1, -0.05) is 0 Å². The maximum atomic E-state index is 13.2. The van der Waals surface area contributed by atoms with Crippen molar-refractivity contribution in [3.63, 3.8) is 0 Å². The number of nitrogens with one attached hydrogen (secondary N) is 1. The lowest BCUT2D eigenvalue weighted by molar-refractivity contribution is 0.276. The zero-order valence-electron chi connectivity index (χ0n) is 9.64. The molecule has 0 aromatic heterocycles. The number of rotatable bonds is 6. The number of hydrogen-bond acceptors (Lipinski definition) is 2. The number of benzene rings is 1. The summed E-state index contributed by atoms with van der Waals surface area (Å²) >= 11 is 0. The van der Waals surface area contributed by atoms with Gasteiger partial charge in [-0.2, -0.15) is 0 Å². The van der Waals surface area contributed by atoms with Crippen LogP contribution in [-0.4, -0.2) is 17.8 Å². The molecule has 0 spiro atoms. The fraction of sp³-hybridized carbons (Fsp3) is 0.500. The highest BCUT2D eigenvalue weighted by atomic mass is 19.2. The summed E-state index contributed by atoms with van der Waals surface area (Å²) in [5.41, 5.74) is 0.0970. The highest BCUT2D eigenvalue weighted by Crippen LogP contribution is 2.13. The number of hydrogen-bond donors (Lipinski definition) is 2. The molecule has 1 aromatic carbocycles. The lowest BCUT2D eigenvalue weighted by atomic mass is 10.1. The third-order valence-corrected chi connectivity index (χ3v) is 2.53. The molecule has 96 valence electrons. The van der Waals surface area contributed by atoms with Crippen molar-refractivity contribution in [3.8, 4) is 0 Å². The minimum atomic E-state index is -1.18. The maximum absolute atomic E-state index is 13.2. The summed E-state index contributed by atoms with van der Waals surface area (Å²) in [6.07, 6.45) is 1.39. The molecule has 1 aromatic rings. The molecule has 1 atom stereocenters. The summed E-state index contributed by atoms with van der Waals surface area (Å²) in [6.45, 7) is 2.12. The first-order valence-electron chi connectivity index (χ1n) is 5.52. The largest absolute Gasteiger partial charge is 0.396 e. The van der Waals surface area contributed by atoms with Crippen LogP contribution in [0.4, 0.5) is 13.2 Å². The molecule has 1 unspecified atom stereocenters. The van der Waals surface area contributed by atoms with Crippen LogP contribution in [0.5, 0.6) is 0 Å². The topological polar surface area (TPSA) is 32.3 Å². The Balaban J connectivity index is 2.54. The molecule has 2 N–H and O–H groups in total. The Morgan fingerprint density at radius 1 is 1.18 bits per heavy atom. The third-order valence-electron chi connectivity index (χ3n) is 2.53. The summed E-state index contributed by atoms with van der Waals surface area (Å²) in [5.74, 6) is -2.99. The Kier molecular flexibility index (Phi) is 5.44. The van der Waals surface area contributed by atoms with Crippen LogP contribution in [-0.2, 0) is 6.54 Å². The zero-order chi connectivity index (χ0) is 12.8. The quantitative estimate of drug-likeness (QED) is 0.756. The molecular formula is C12H16F3NO. The van der Waals surface area contributed by atoms with Gasteiger partial charge in [-0.05, 0) is 25.8 Å². The van der Waals surface area contributed by atoms with Gasteiger partial charge in [0.05, 0.1) is 0 Å². The van der Waals surface area contributed by atoms with E-state index in [1.54, 1.807) is 0 Å². The van der Waals surface area contributed by atoms with E-state index in [1.165, 1.54) is 0 Å². The van der Waals surface area contributed by atoms with Crippen LogP contribution >= 0.6 is 0 Å². The van der Waals surface area contributed by atoms with E-state index >= 15 is 0 Å². The maximum Gasteiger partial charge on any atom is 0.161 e. The Bertz CT molecular complexity index is 371. The van der Waals surface area contributed by atoms with E-state index in [-0.39, 0.29) is 24.8 Å². The van der Waals surface area contributed by atoms with E-state index in [9.17, 15) is 13.2 Å². The molecule has 0 bridgehead atoms. The van der Waals surface area contributed by atoms with E-state index in [0.717, 1.165) is 12.5 Å². The van der Waals surface area contributed by atoms with Crippen LogP contribution in [0.3, 0.4) is 0 Å². The van der Waals surface area contributed by atoms with Crippen molar-refractivity contribution in [3.05, 3.63) is 35.1 Å². The number of halogens is 3. The summed E-state index contributed by atoms with van der Waals surface area (Å²) in [6, 6.07) is 1.48. The van der Waals surface area contributed by atoms with Crippen LogP contribution in [0, 0.1) is 17.5 Å². The summed E-state index contributed by atoms with van der Waals surface area (Å²) in [5, 5.41) is 11.6.